The average Bonchev–Trinajstić information content (AvgIpc) is 2.14. The van der Waals surface area contributed by atoms with E-state index in [0.717, 1.165) is 25.6 Å². The standard InChI is InChI=1S/C11H15F2NO/c1-3-14-8-9-4-6-10(7-5-9)15-11(2,12)13/h4-7,14H,3,8H2,1-2H3. The molecule has 0 saturated heterocycles. The molecule has 0 aromatic heterocycles. The molecule has 0 fully saturated rings. The zero-order valence-electron chi connectivity index (χ0n) is 8.89. The maximum atomic E-state index is 12.5. The van der Waals surface area contributed by atoms with Crippen molar-refractivity contribution < 1.29 is 13.5 Å². The molecule has 2 nitrogen and oxygen atoms in total. The minimum absolute atomic E-state index is 0.183. The first kappa shape index (κ1) is 11.9. The Kier molecular flexibility index (Phi) is 4.03. The van der Waals surface area contributed by atoms with Crippen molar-refractivity contribution in [3.05, 3.63) is 29.8 Å². The van der Waals surface area contributed by atoms with Gasteiger partial charge < -0.3 is 10.1 Å². The van der Waals surface area contributed by atoms with Gasteiger partial charge in [0.1, 0.15) is 5.75 Å². The first-order chi connectivity index (χ1) is 7.01. The van der Waals surface area contributed by atoms with E-state index in [1.165, 1.54) is 0 Å². The van der Waals surface area contributed by atoms with Gasteiger partial charge in [-0.3, -0.25) is 0 Å². The molecule has 0 bridgehead atoms. The lowest BCUT2D eigenvalue weighted by Gasteiger charge is -2.13. The smallest absolute Gasteiger partial charge is 0.394 e. The molecule has 0 atom stereocenters. The van der Waals surface area contributed by atoms with Crippen molar-refractivity contribution in [2.45, 2.75) is 26.5 Å². The predicted octanol–water partition coefficient (Wildman–Crippen LogP) is 2.79. The lowest BCUT2D eigenvalue weighted by molar-refractivity contribution is -0.158. The third-order valence-electron chi connectivity index (χ3n) is 1.80. The van der Waals surface area contributed by atoms with Gasteiger partial charge in [0, 0.05) is 13.5 Å². The van der Waals surface area contributed by atoms with E-state index in [0.29, 0.717) is 0 Å². The number of benzene rings is 1. The van der Waals surface area contributed by atoms with Crippen LogP contribution >= 0.6 is 0 Å². The lowest BCUT2D eigenvalue weighted by Crippen LogP contribution is -2.19. The summed E-state index contributed by atoms with van der Waals surface area (Å²) in [7, 11) is 0. The minimum Gasteiger partial charge on any atom is -0.433 e. The fraction of sp³-hybridized carbons (Fsp3) is 0.455. The van der Waals surface area contributed by atoms with Crippen LogP contribution in [0.1, 0.15) is 19.4 Å². The summed E-state index contributed by atoms with van der Waals surface area (Å²) in [6.07, 6.45) is -3.12. The van der Waals surface area contributed by atoms with E-state index in [1.54, 1.807) is 24.3 Å². The van der Waals surface area contributed by atoms with Crippen molar-refractivity contribution in [2.24, 2.45) is 0 Å². The van der Waals surface area contributed by atoms with Gasteiger partial charge in [-0.1, -0.05) is 19.1 Å². The third-order valence-corrected chi connectivity index (χ3v) is 1.80. The van der Waals surface area contributed by atoms with Gasteiger partial charge in [0.25, 0.3) is 0 Å². The van der Waals surface area contributed by atoms with Gasteiger partial charge in [0.05, 0.1) is 0 Å². The van der Waals surface area contributed by atoms with Crippen LogP contribution in [0.3, 0.4) is 0 Å². The Bertz CT molecular complexity index is 292. The van der Waals surface area contributed by atoms with Crippen molar-refractivity contribution in [1.82, 2.24) is 5.32 Å². The number of rotatable bonds is 5. The number of ether oxygens (including phenoxy) is 1. The topological polar surface area (TPSA) is 21.3 Å². The Morgan fingerprint density at radius 3 is 2.33 bits per heavy atom. The summed E-state index contributed by atoms with van der Waals surface area (Å²) in [5, 5.41) is 3.14. The number of halogens is 2. The van der Waals surface area contributed by atoms with Crippen LogP contribution in [0.15, 0.2) is 24.3 Å². The highest BCUT2D eigenvalue weighted by Crippen LogP contribution is 2.20. The number of nitrogens with one attached hydrogen (secondary N) is 1. The molecule has 0 amide bonds. The van der Waals surface area contributed by atoms with E-state index in [9.17, 15) is 8.78 Å². The van der Waals surface area contributed by atoms with Crippen molar-refractivity contribution >= 4 is 0 Å². The van der Waals surface area contributed by atoms with Crippen molar-refractivity contribution in [2.75, 3.05) is 6.54 Å². The summed E-state index contributed by atoms with van der Waals surface area (Å²) in [6.45, 7) is 4.35. The molecule has 84 valence electrons. The molecule has 0 spiro atoms. The van der Waals surface area contributed by atoms with Crippen LogP contribution in [-0.2, 0) is 6.54 Å². The van der Waals surface area contributed by atoms with Gasteiger partial charge in [0.2, 0.25) is 0 Å². The molecule has 0 unspecified atom stereocenters. The highest BCUT2D eigenvalue weighted by molar-refractivity contribution is 5.27. The number of hydrogen-bond donors (Lipinski definition) is 1. The maximum absolute atomic E-state index is 12.5. The molecule has 4 heteroatoms. The van der Waals surface area contributed by atoms with Gasteiger partial charge in [0.15, 0.2) is 0 Å². The minimum atomic E-state index is -3.12. The molecule has 0 saturated carbocycles. The Hall–Kier alpha value is -1.16. The van der Waals surface area contributed by atoms with E-state index >= 15 is 0 Å². The van der Waals surface area contributed by atoms with Crippen molar-refractivity contribution in [1.29, 1.82) is 0 Å². The SMILES string of the molecule is CCNCc1ccc(OC(C)(F)F)cc1. The maximum Gasteiger partial charge on any atom is 0.394 e. The largest absolute Gasteiger partial charge is 0.433 e. The molecular weight excluding hydrogens is 200 g/mol. The zero-order valence-corrected chi connectivity index (χ0v) is 8.89. The third kappa shape index (κ3) is 4.74. The highest BCUT2D eigenvalue weighted by atomic mass is 19.3. The molecule has 0 heterocycles. The van der Waals surface area contributed by atoms with Crippen LogP contribution < -0.4 is 10.1 Å². The van der Waals surface area contributed by atoms with E-state index in [-0.39, 0.29) is 5.75 Å². The van der Waals surface area contributed by atoms with Crippen LogP contribution in [0.2, 0.25) is 0 Å². The molecule has 1 rings (SSSR count). The Morgan fingerprint density at radius 1 is 1.27 bits per heavy atom. The summed E-state index contributed by atoms with van der Waals surface area (Å²) in [4.78, 5) is 0. The summed E-state index contributed by atoms with van der Waals surface area (Å²) >= 11 is 0. The van der Waals surface area contributed by atoms with Crippen LogP contribution in [0.5, 0.6) is 5.75 Å². The fourth-order valence-corrected chi connectivity index (χ4v) is 1.15. The molecule has 0 radical (unpaired) electrons. The first-order valence-electron chi connectivity index (χ1n) is 4.88. The Labute approximate surface area is 88.3 Å². The normalized spacial score (nSPS) is 11.5. The second-order valence-corrected chi connectivity index (χ2v) is 3.33. The molecule has 0 aliphatic heterocycles. The monoisotopic (exact) mass is 215 g/mol. The molecule has 0 aliphatic rings. The van der Waals surface area contributed by atoms with E-state index < -0.39 is 6.11 Å². The summed E-state index contributed by atoms with van der Waals surface area (Å²) in [5.74, 6) is 0.183. The Balaban J connectivity index is 2.56. The van der Waals surface area contributed by atoms with Gasteiger partial charge in [-0.05, 0) is 24.2 Å². The molecule has 1 aromatic rings. The highest BCUT2D eigenvalue weighted by Gasteiger charge is 2.22. The first-order valence-corrected chi connectivity index (χ1v) is 4.88. The Morgan fingerprint density at radius 2 is 1.87 bits per heavy atom. The second-order valence-electron chi connectivity index (χ2n) is 3.33. The van der Waals surface area contributed by atoms with Crippen LogP contribution in [0.4, 0.5) is 8.78 Å². The van der Waals surface area contributed by atoms with Crippen LogP contribution in [-0.4, -0.2) is 12.7 Å². The van der Waals surface area contributed by atoms with Crippen LogP contribution in [0, 0.1) is 0 Å². The summed E-state index contributed by atoms with van der Waals surface area (Å²) in [5.41, 5.74) is 1.05. The molecule has 15 heavy (non-hydrogen) atoms. The van der Waals surface area contributed by atoms with E-state index in [4.69, 9.17) is 0 Å². The lowest BCUT2D eigenvalue weighted by atomic mass is 10.2. The summed E-state index contributed by atoms with van der Waals surface area (Å²) < 4.78 is 29.4. The van der Waals surface area contributed by atoms with E-state index in [1.807, 2.05) is 6.92 Å². The van der Waals surface area contributed by atoms with Gasteiger partial charge in [-0.25, -0.2) is 0 Å². The van der Waals surface area contributed by atoms with Crippen LogP contribution in [0.25, 0.3) is 0 Å². The molecule has 0 aliphatic carbocycles. The number of hydrogen-bond acceptors (Lipinski definition) is 2. The van der Waals surface area contributed by atoms with Gasteiger partial charge in [-0.2, -0.15) is 8.78 Å². The van der Waals surface area contributed by atoms with Crippen molar-refractivity contribution in [3.63, 3.8) is 0 Å². The average molecular weight is 215 g/mol. The van der Waals surface area contributed by atoms with Gasteiger partial charge >= 0.3 is 6.11 Å². The molecular formula is C11H15F2NO. The van der Waals surface area contributed by atoms with Crippen molar-refractivity contribution in [3.8, 4) is 5.75 Å². The second kappa shape index (κ2) is 5.07. The molecule has 1 aromatic carbocycles. The summed E-state index contributed by atoms with van der Waals surface area (Å²) in [6, 6.07) is 6.63. The quantitative estimate of drug-likeness (QED) is 0.815. The van der Waals surface area contributed by atoms with E-state index in [2.05, 4.69) is 10.1 Å². The van der Waals surface area contributed by atoms with Gasteiger partial charge in [-0.15, -0.1) is 0 Å². The molecule has 1 N–H and O–H groups in total. The fourth-order valence-electron chi connectivity index (χ4n) is 1.15. The zero-order chi connectivity index (χ0) is 11.3. The predicted molar refractivity (Wildman–Crippen MR) is 55.1 cm³/mol. The number of alkyl halides is 2.